The number of nitro groups is 1. The van der Waals surface area contributed by atoms with Crippen molar-refractivity contribution in [2.45, 2.75) is 19.4 Å². The summed E-state index contributed by atoms with van der Waals surface area (Å²) in [5.41, 5.74) is 0.634. The first kappa shape index (κ1) is 23.3. The van der Waals surface area contributed by atoms with Crippen molar-refractivity contribution in [3.63, 3.8) is 0 Å². The Kier molecular flexibility index (Phi) is 6.62. The number of nitrogens with zero attached hydrogens (tertiary/aromatic N) is 3. The molecule has 2 aromatic carbocycles. The molecule has 35 heavy (non-hydrogen) atoms. The van der Waals surface area contributed by atoms with Crippen molar-refractivity contribution < 1.29 is 23.3 Å². The second-order valence-corrected chi connectivity index (χ2v) is 7.44. The molecular formula is C23H18FN5O6. The normalized spacial score (nSPS) is 10.8. The van der Waals surface area contributed by atoms with Crippen molar-refractivity contribution in [3.05, 3.63) is 93.0 Å². The zero-order valence-electron chi connectivity index (χ0n) is 18.1. The summed E-state index contributed by atoms with van der Waals surface area (Å²) in [7, 11) is 0. The van der Waals surface area contributed by atoms with Gasteiger partial charge < -0.3 is 15.1 Å². The van der Waals surface area contributed by atoms with Crippen LogP contribution >= 0.6 is 0 Å². The highest BCUT2D eigenvalue weighted by Gasteiger charge is 2.16. The molecule has 2 aromatic heterocycles. The van der Waals surface area contributed by atoms with Gasteiger partial charge in [0.05, 0.1) is 27.9 Å². The average molecular weight is 479 g/mol. The molecule has 0 fully saturated rings. The molecule has 2 amide bonds. The van der Waals surface area contributed by atoms with E-state index in [0.717, 1.165) is 18.2 Å². The first-order valence-corrected chi connectivity index (χ1v) is 10.4. The van der Waals surface area contributed by atoms with Crippen LogP contribution in [-0.2, 0) is 11.3 Å². The van der Waals surface area contributed by atoms with Crippen LogP contribution in [0.2, 0.25) is 0 Å². The van der Waals surface area contributed by atoms with Gasteiger partial charge in [-0.15, -0.1) is 0 Å². The smallest absolute Gasteiger partial charge is 0.407 e. The molecule has 0 spiro atoms. The SMILES string of the molecule is O=C(CCCn1c(=O)oc2cc([N+](=O)[O-])ccc21)Nc1cc(F)ccc1NC(=O)c1ccccn1. The Morgan fingerprint density at radius 1 is 1.09 bits per heavy atom. The van der Waals surface area contributed by atoms with E-state index in [1.807, 2.05) is 0 Å². The Labute approximate surface area is 196 Å². The summed E-state index contributed by atoms with van der Waals surface area (Å²) in [5, 5.41) is 16.0. The number of non-ortho nitro benzene ring substituents is 1. The number of aromatic nitrogens is 2. The van der Waals surface area contributed by atoms with Crippen LogP contribution in [0.15, 0.2) is 70.0 Å². The molecule has 4 aromatic rings. The Balaban J connectivity index is 1.41. The zero-order chi connectivity index (χ0) is 24.9. The predicted molar refractivity (Wildman–Crippen MR) is 124 cm³/mol. The summed E-state index contributed by atoms with van der Waals surface area (Å²) in [4.78, 5) is 51.2. The summed E-state index contributed by atoms with van der Waals surface area (Å²) in [5.74, 6) is -2.31. The zero-order valence-corrected chi connectivity index (χ0v) is 18.1. The van der Waals surface area contributed by atoms with Crippen molar-refractivity contribution >= 4 is 40.0 Å². The third-order valence-electron chi connectivity index (χ3n) is 5.05. The average Bonchev–Trinajstić information content (AvgIpc) is 3.15. The number of nitrogens with one attached hydrogen (secondary N) is 2. The van der Waals surface area contributed by atoms with E-state index in [4.69, 9.17) is 4.42 Å². The molecule has 0 radical (unpaired) electrons. The van der Waals surface area contributed by atoms with Gasteiger partial charge in [0.1, 0.15) is 11.5 Å². The van der Waals surface area contributed by atoms with Gasteiger partial charge in [-0.05, 0) is 42.8 Å². The van der Waals surface area contributed by atoms with Crippen LogP contribution < -0.4 is 16.4 Å². The molecule has 0 bridgehead atoms. The van der Waals surface area contributed by atoms with Gasteiger partial charge in [-0.1, -0.05) is 6.07 Å². The number of carbonyl (C=O) groups excluding carboxylic acids is 2. The summed E-state index contributed by atoms with van der Waals surface area (Å²) >= 11 is 0. The second kappa shape index (κ2) is 9.95. The van der Waals surface area contributed by atoms with Crippen molar-refractivity contribution in [1.82, 2.24) is 9.55 Å². The number of rotatable bonds is 8. The number of pyridine rings is 1. The highest BCUT2D eigenvalue weighted by molar-refractivity contribution is 6.06. The van der Waals surface area contributed by atoms with E-state index in [2.05, 4.69) is 15.6 Å². The maximum atomic E-state index is 13.8. The topological polar surface area (TPSA) is 149 Å². The van der Waals surface area contributed by atoms with Crippen LogP contribution in [0.4, 0.5) is 21.5 Å². The standard InChI is InChI=1S/C23H18FN5O6/c24-14-6-8-16(27-22(31)17-4-1-2-10-25-17)18(12-14)26-21(30)5-3-11-28-19-9-7-15(29(33)34)13-20(19)35-23(28)32/h1-2,4,6-10,12-13H,3,5,11H2,(H,26,30)(H,27,31). The van der Waals surface area contributed by atoms with Crippen molar-refractivity contribution in [2.24, 2.45) is 0 Å². The van der Waals surface area contributed by atoms with Gasteiger partial charge in [0.25, 0.3) is 11.6 Å². The number of amides is 2. The lowest BCUT2D eigenvalue weighted by molar-refractivity contribution is -0.384. The number of nitro benzene ring substituents is 1. The van der Waals surface area contributed by atoms with Crippen LogP contribution in [-0.4, -0.2) is 26.3 Å². The quantitative estimate of drug-likeness (QED) is 0.289. The Hall–Kier alpha value is -4.87. The minimum atomic E-state index is -0.703. The summed E-state index contributed by atoms with van der Waals surface area (Å²) in [6.45, 7) is 0.115. The summed E-state index contributed by atoms with van der Waals surface area (Å²) in [6, 6.07) is 12.2. The molecule has 0 saturated heterocycles. The molecule has 12 heteroatoms. The number of halogens is 1. The number of aryl methyl sites for hydroxylation is 1. The van der Waals surface area contributed by atoms with Crippen LogP contribution in [0.1, 0.15) is 23.3 Å². The van der Waals surface area contributed by atoms with E-state index in [-0.39, 0.29) is 47.7 Å². The Bertz CT molecular complexity index is 1480. The molecule has 0 aliphatic heterocycles. The van der Waals surface area contributed by atoms with Crippen LogP contribution in [0.3, 0.4) is 0 Å². The fourth-order valence-corrected chi connectivity index (χ4v) is 3.40. The minimum Gasteiger partial charge on any atom is -0.407 e. The molecule has 0 aliphatic rings. The fraction of sp³-hybridized carbons (Fsp3) is 0.130. The number of hydrogen-bond acceptors (Lipinski definition) is 7. The van der Waals surface area contributed by atoms with Crippen molar-refractivity contribution in [1.29, 1.82) is 0 Å². The second-order valence-electron chi connectivity index (χ2n) is 7.44. The van der Waals surface area contributed by atoms with E-state index in [0.29, 0.717) is 5.52 Å². The largest absolute Gasteiger partial charge is 0.419 e. The lowest BCUT2D eigenvalue weighted by Crippen LogP contribution is -2.19. The maximum Gasteiger partial charge on any atom is 0.419 e. The third-order valence-corrected chi connectivity index (χ3v) is 5.05. The van der Waals surface area contributed by atoms with Gasteiger partial charge in [0, 0.05) is 25.2 Å². The van der Waals surface area contributed by atoms with E-state index < -0.39 is 28.3 Å². The van der Waals surface area contributed by atoms with E-state index in [1.165, 1.54) is 35.0 Å². The van der Waals surface area contributed by atoms with Crippen molar-refractivity contribution in [3.8, 4) is 0 Å². The van der Waals surface area contributed by atoms with E-state index in [9.17, 15) is 28.9 Å². The molecular weight excluding hydrogens is 461 g/mol. The summed E-state index contributed by atoms with van der Waals surface area (Å²) in [6.07, 6.45) is 1.65. The van der Waals surface area contributed by atoms with Gasteiger partial charge in [0.15, 0.2) is 5.58 Å². The lowest BCUT2D eigenvalue weighted by atomic mass is 10.2. The Morgan fingerprint density at radius 3 is 2.66 bits per heavy atom. The number of oxazole rings is 1. The van der Waals surface area contributed by atoms with Crippen LogP contribution in [0, 0.1) is 15.9 Å². The molecule has 2 N–H and O–H groups in total. The van der Waals surface area contributed by atoms with Gasteiger partial charge in [-0.3, -0.25) is 29.3 Å². The van der Waals surface area contributed by atoms with Crippen LogP contribution in [0.5, 0.6) is 0 Å². The lowest BCUT2D eigenvalue weighted by Gasteiger charge is -2.12. The van der Waals surface area contributed by atoms with Gasteiger partial charge in [0.2, 0.25) is 5.91 Å². The molecule has 11 nitrogen and oxygen atoms in total. The molecule has 4 rings (SSSR count). The number of hydrogen-bond donors (Lipinski definition) is 2. The Morgan fingerprint density at radius 2 is 1.91 bits per heavy atom. The van der Waals surface area contributed by atoms with Crippen LogP contribution in [0.25, 0.3) is 11.1 Å². The van der Waals surface area contributed by atoms with Gasteiger partial charge >= 0.3 is 5.76 Å². The monoisotopic (exact) mass is 479 g/mol. The molecule has 2 heterocycles. The number of anilines is 2. The first-order valence-electron chi connectivity index (χ1n) is 10.4. The maximum absolute atomic E-state index is 13.8. The third kappa shape index (κ3) is 5.38. The summed E-state index contributed by atoms with van der Waals surface area (Å²) < 4.78 is 20.1. The number of carbonyl (C=O) groups is 2. The fourth-order valence-electron chi connectivity index (χ4n) is 3.40. The molecule has 0 atom stereocenters. The van der Waals surface area contributed by atoms with E-state index >= 15 is 0 Å². The number of benzene rings is 2. The molecule has 0 aliphatic carbocycles. The van der Waals surface area contributed by atoms with Crippen molar-refractivity contribution in [2.75, 3.05) is 10.6 Å². The van der Waals surface area contributed by atoms with Gasteiger partial charge in [-0.25, -0.2) is 9.18 Å². The molecule has 0 saturated carbocycles. The number of fused-ring (bicyclic) bond motifs is 1. The van der Waals surface area contributed by atoms with Gasteiger partial charge in [-0.2, -0.15) is 0 Å². The minimum absolute atomic E-state index is 0.0315. The first-order chi connectivity index (χ1) is 16.8. The highest BCUT2D eigenvalue weighted by atomic mass is 19.1. The predicted octanol–water partition coefficient (Wildman–Crippen LogP) is 3.71. The molecule has 178 valence electrons. The van der Waals surface area contributed by atoms with E-state index in [1.54, 1.807) is 12.1 Å². The highest BCUT2D eigenvalue weighted by Crippen LogP contribution is 2.24. The molecule has 0 unspecified atom stereocenters.